The van der Waals surface area contributed by atoms with E-state index < -0.39 is 0 Å². The van der Waals surface area contributed by atoms with Crippen molar-refractivity contribution in [3.8, 4) is 16.6 Å². The van der Waals surface area contributed by atoms with Crippen LogP contribution in [-0.2, 0) is 6.42 Å². The molecule has 0 radical (unpaired) electrons. The van der Waals surface area contributed by atoms with Gasteiger partial charge in [-0.15, -0.1) is 11.3 Å². The summed E-state index contributed by atoms with van der Waals surface area (Å²) in [7, 11) is 0. The lowest BCUT2D eigenvalue weighted by Gasteiger charge is -2.02. The highest BCUT2D eigenvalue weighted by molar-refractivity contribution is 7.13. The lowest BCUT2D eigenvalue weighted by Crippen LogP contribution is -1.85. The van der Waals surface area contributed by atoms with Crippen LogP contribution in [0, 0.1) is 11.3 Å². The van der Waals surface area contributed by atoms with Crippen LogP contribution in [0.4, 0.5) is 0 Å². The molecule has 0 aliphatic heterocycles. The van der Waals surface area contributed by atoms with Gasteiger partial charge in [-0.25, -0.2) is 4.98 Å². The van der Waals surface area contributed by atoms with Crippen LogP contribution in [0.3, 0.4) is 0 Å². The minimum absolute atomic E-state index is 0.526. The number of thiazole rings is 1. The number of nitrogens with zero attached hydrogens (tertiary/aromatic N) is 2. The second kappa shape index (κ2) is 5.21. The van der Waals surface area contributed by atoms with Crippen molar-refractivity contribution >= 4 is 22.1 Å². The third kappa shape index (κ3) is 2.35. The molecule has 2 nitrogen and oxygen atoms in total. The summed E-state index contributed by atoms with van der Waals surface area (Å²) in [6, 6.07) is 16.8. The maximum Gasteiger partial charge on any atom is 0.124 e. The van der Waals surface area contributed by atoms with Gasteiger partial charge in [0, 0.05) is 23.8 Å². The molecule has 0 N–H and O–H groups in total. The molecule has 92 valence electrons. The number of rotatable bonds is 3. The van der Waals surface area contributed by atoms with Gasteiger partial charge in [0.15, 0.2) is 0 Å². The van der Waals surface area contributed by atoms with E-state index >= 15 is 0 Å². The minimum Gasteiger partial charge on any atom is -0.241 e. The number of nitriles is 1. The molecular formula is C16H12N2S. The van der Waals surface area contributed by atoms with E-state index in [1.807, 2.05) is 6.07 Å². The molecule has 0 amide bonds. The fourth-order valence-corrected chi connectivity index (χ4v) is 3.03. The van der Waals surface area contributed by atoms with E-state index in [9.17, 15) is 0 Å². The lowest BCUT2D eigenvalue weighted by atomic mass is 10.1. The Bertz CT molecular complexity index is 747. The Kier molecular flexibility index (Phi) is 3.26. The molecule has 0 atom stereocenters. The summed E-state index contributed by atoms with van der Waals surface area (Å²) in [6.45, 7) is 0. The Labute approximate surface area is 116 Å². The fourth-order valence-electron chi connectivity index (χ4n) is 2.14. The molecule has 0 unspecified atom stereocenters. The maximum absolute atomic E-state index is 8.62. The van der Waals surface area contributed by atoms with E-state index in [0.29, 0.717) is 6.42 Å². The van der Waals surface area contributed by atoms with Gasteiger partial charge in [0.2, 0.25) is 0 Å². The van der Waals surface area contributed by atoms with Crippen LogP contribution in [0.25, 0.3) is 21.3 Å². The first kappa shape index (κ1) is 11.9. The second-order valence-electron chi connectivity index (χ2n) is 4.33. The Morgan fingerprint density at radius 2 is 1.95 bits per heavy atom. The zero-order chi connectivity index (χ0) is 13.1. The highest BCUT2D eigenvalue weighted by atomic mass is 32.1. The third-order valence-electron chi connectivity index (χ3n) is 3.06. The van der Waals surface area contributed by atoms with Gasteiger partial charge in [-0.1, -0.05) is 42.5 Å². The van der Waals surface area contributed by atoms with E-state index in [1.54, 1.807) is 11.3 Å². The van der Waals surface area contributed by atoms with Crippen LogP contribution in [0.5, 0.6) is 0 Å². The number of benzene rings is 2. The molecule has 0 fully saturated rings. The quantitative estimate of drug-likeness (QED) is 0.702. The van der Waals surface area contributed by atoms with E-state index in [0.717, 1.165) is 17.1 Å². The van der Waals surface area contributed by atoms with Gasteiger partial charge < -0.3 is 0 Å². The summed E-state index contributed by atoms with van der Waals surface area (Å²) < 4.78 is 0. The van der Waals surface area contributed by atoms with Crippen molar-refractivity contribution < 1.29 is 0 Å². The maximum atomic E-state index is 8.62. The van der Waals surface area contributed by atoms with Crippen molar-refractivity contribution in [2.75, 3.05) is 0 Å². The molecule has 3 heteroatoms. The van der Waals surface area contributed by atoms with E-state index in [4.69, 9.17) is 5.26 Å². The number of hydrogen-bond acceptors (Lipinski definition) is 3. The molecule has 0 saturated heterocycles. The molecule has 2 aromatic carbocycles. The van der Waals surface area contributed by atoms with Crippen molar-refractivity contribution in [2.24, 2.45) is 0 Å². The van der Waals surface area contributed by atoms with E-state index in [-0.39, 0.29) is 0 Å². The van der Waals surface area contributed by atoms with E-state index in [1.165, 1.54) is 16.3 Å². The van der Waals surface area contributed by atoms with Crippen LogP contribution < -0.4 is 0 Å². The van der Waals surface area contributed by atoms with Crippen molar-refractivity contribution in [2.45, 2.75) is 12.8 Å². The summed E-state index contributed by atoms with van der Waals surface area (Å²) in [5.41, 5.74) is 2.18. The van der Waals surface area contributed by atoms with Gasteiger partial charge >= 0.3 is 0 Å². The summed E-state index contributed by atoms with van der Waals surface area (Å²) >= 11 is 1.65. The van der Waals surface area contributed by atoms with Gasteiger partial charge in [0.25, 0.3) is 0 Å². The number of fused-ring (bicyclic) bond motifs is 1. The van der Waals surface area contributed by atoms with Crippen molar-refractivity contribution in [3.63, 3.8) is 0 Å². The molecule has 1 heterocycles. The van der Waals surface area contributed by atoms with Gasteiger partial charge in [0.05, 0.1) is 11.8 Å². The first-order chi connectivity index (χ1) is 9.38. The molecule has 0 bridgehead atoms. The predicted octanol–water partition coefficient (Wildman–Crippen LogP) is 4.42. The predicted molar refractivity (Wildman–Crippen MR) is 79.0 cm³/mol. The highest BCUT2D eigenvalue weighted by Crippen LogP contribution is 2.30. The van der Waals surface area contributed by atoms with Crippen molar-refractivity contribution in [3.05, 3.63) is 53.5 Å². The molecule has 1 aromatic heterocycles. The average Bonchev–Trinajstić information content (AvgIpc) is 2.93. The van der Waals surface area contributed by atoms with Crippen molar-refractivity contribution in [1.29, 1.82) is 5.26 Å². The fraction of sp³-hybridized carbons (Fsp3) is 0.125. The molecule has 0 aliphatic carbocycles. The third-order valence-corrected chi connectivity index (χ3v) is 3.99. The number of hydrogen-bond donors (Lipinski definition) is 0. The Morgan fingerprint density at radius 1 is 1.11 bits per heavy atom. The Hall–Kier alpha value is -2.18. The van der Waals surface area contributed by atoms with Crippen molar-refractivity contribution in [1.82, 2.24) is 4.98 Å². The largest absolute Gasteiger partial charge is 0.241 e. The Morgan fingerprint density at radius 3 is 2.84 bits per heavy atom. The molecule has 0 spiro atoms. The zero-order valence-electron chi connectivity index (χ0n) is 10.3. The summed E-state index contributed by atoms with van der Waals surface area (Å²) in [4.78, 5) is 4.64. The van der Waals surface area contributed by atoms with Gasteiger partial charge in [-0.3, -0.25) is 0 Å². The zero-order valence-corrected chi connectivity index (χ0v) is 11.2. The summed E-state index contributed by atoms with van der Waals surface area (Å²) in [5.74, 6) is 0. The topological polar surface area (TPSA) is 36.7 Å². The van der Waals surface area contributed by atoms with Crippen LogP contribution in [-0.4, -0.2) is 4.98 Å². The van der Waals surface area contributed by atoms with Crippen LogP contribution in [0.2, 0.25) is 0 Å². The Balaban J connectivity index is 2.05. The average molecular weight is 264 g/mol. The molecule has 0 saturated carbocycles. The standard InChI is InChI=1S/C16H12N2S/c17-10-4-7-13-11-19-16(18-13)15-9-3-6-12-5-1-2-8-14(12)15/h1-3,5-6,8-9,11H,4,7H2. The molecule has 0 aliphatic rings. The number of aromatic nitrogens is 1. The normalized spacial score (nSPS) is 10.5. The van der Waals surface area contributed by atoms with Gasteiger partial charge in [-0.2, -0.15) is 5.26 Å². The van der Waals surface area contributed by atoms with E-state index in [2.05, 4.69) is 52.8 Å². The molecule has 3 rings (SSSR count). The second-order valence-corrected chi connectivity index (χ2v) is 5.19. The first-order valence-corrected chi connectivity index (χ1v) is 7.06. The molecular weight excluding hydrogens is 252 g/mol. The SMILES string of the molecule is N#CCCc1csc(-c2cccc3ccccc23)n1. The monoisotopic (exact) mass is 264 g/mol. The lowest BCUT2D eigenvalue weighted by molar-refractivity contribution is 0.969. The summed E-state index contributed by atoms with van der Waals surface area (Å²) in [5, 5.41) is 14.2. The van der Waals surface area contributed by atoms with Crippen LogP contribution in [0.1, 0.15) is 12.1 Å². The molecule has 19 heavy (non-hydrogen) atoms. The highest BCUT2D eigenvalue weighted by Gasteiger charge is 2.07. The smallest absolute Gasteiger partial charge is 0.124 e. The van der Waals surface area contributed by atoms with Crippen LogP contribution >= 0.6 is 11.3 Å². The van der Waals surface area contributed by atoms with Gasteiger partial charge in [0.1, 0.15) is 5.01 Å². The summed E-state index contributed by atoms with van der Waals surface area (Å²) in [6.07, 6.45) is 1.26. The first-order valence-electron chi connectivity index (χ1n) is 6.18. The number of aryl methyl sites for hydroxylation is 1. The van der Waals surface area contributed by atoms with Gasteiger partial charge in [-0.05, 0) is 10.8 Å². The molecule has 3 aromatic rings. The minimum atomic E-state index is 0.526. The van der Waals surface area contributed by atoms with Crippen LogP contribution in [0.15, 0.2) is 47.8 Å².